The molecule has 56 valence electrons. The van der Waals surface area contributed by atoms with Crippen molar-refractivity contribution in [2.24, 2.45) is 0 Å². The SMILES string of the molecule is FC(F)(F)c1cnc(Br)o1. The van der Waals surface area contributed by atoms with Crippen molar-refractivity contribution in [1.29, 1.82) is 0 Å². The second-order valence-electron chi connectivity index (χ2n) is 1.48. The number of hydrogen-bond acceptors (Lipinski definition) is 2. The lowest BCUT2D eigenvalue weighted by Crippen LogP contribution is -2.01. The summed E-state index contributed by atoms with van der Waals surface area (Å²) < 4.78 is 39.1. The first-order chi connectivity index (χ1) is 4.50. The van der Waals surface area contributed by atoms with Crippen LogP contribution in [0.5, 0.6) is 0 Å². The molecule has 10 heavy (non-hydrogen) atoms. The molecular formula is C4HBrF3NO. The monoisotopic (exact) mass is 215 g/mol. The van der Waals surface area contributed by atoms with E-state index in [0.717, 1.165) is 0 Å². The molecule has 1 aromatic heterocycles. The molecule has 0 radical (unpaired) electrons. The second-order valence-corrected chi connectivity index (χ2v) is 2.15. The standard InChI is InChI=1S/C4HBrF3NO/c5-3-9-1-2(10-3)4(6,7)8/h1H. The molecule has 0 N–H and O–H groups in total. The predicted molar refractivity (Wildman–Crippen MR) is 29.2 cm³/mol. The quantitative estimate of drug-likeness (QED) is 0.665. The lowest BCUT2D eigenvalue weighted by molar-refractivity contribution is -0.153. The third kappa shape index (κ3) is 1.50. The van der Waals surface area contributed by atoms with Crippen LogP contribution in [0.3, 0.4) is 0 Å². The van der Waals surface area contributed by atoms with Crippen molar-refractivity contribution in [3.63, 3.8) is 0 Å². The molecule has 6 heteroatoms. The molecule has 0 aliphatic rings. The predicted octanol–water partition coefficient (Wildman–Crippen LogP) is 2.46. The van der Waals surface area contributed by atoms with Crippen LogP contribution in [-0.2, 0) is 6.18 Å². The van der Waals surface area contributed by atoms with Crippen molar-refractivity contribution in [1.82, 2.24) is 4.98 Å². The molecule has 0 aliphatic carbocycles. The van der Waals surface area contributed by atoms with Gasteiger partial charge in [-0.15, -0.1) is 0 Å². The molecule has 0 amide bonds. The van der Waals surface area contributed by atoms with Crippen LogP contribution >= 0.6 is 15.9 Å². The molecule has 1 aromatic rings. The molecule has 0 aromatic carbocycles. The van der Waals surface area contributed by atoms with Crippen molar-refractivity contribution < 1.29 is 17.6 Å². The van der Waals surface area contributed by atoms with Crippen LogP contribution in [0.25, 0.3) is 0 Å². The van der Waals surface area contributed by atoms with Crippen LogP contribution < -0.4 is 0 Å². The van der Waals surface area contributed by atoms with Crippen molar-refractivity contribution in [2.75, 3.05) is 0 Å². The van der Waals surface area contributed by atoms with E-state index >= 15 is 0 Å². The number of hydrogen-bond donors (Lipinski definition) is 0. The van der Waals surface area contributed by atoms with Gasteiger partial charge >= 0.3 is 6.18 Å². The first kappa shape index (κ1) is 7.59. The molecule has 1 rings (SSSR count). The zero-order chi connectivity index (χ0) is 7.78. The average Bonchev–Trinajstić information content (AvgIpc) is 2.11. The van der Waals surface area contributed by atoms with Gasteiger partial charge in [0.15, 0.2) is 0 Å². The van der Waals surface area contributed by atoms with Crippen molar-refractivity contribution in [2.45, 2.75) is 6.18 Å². The summed E-state index contributed by atoms with van der Waals surface area (Å²) in [7, 11) is 0. The van der Waals surface area contributed by atoms with Crippen LogP contribution in [0.15, 0.2) is 15.4 Å². The summed E-state index contributed by atoms with van der Waals surface area (Å²) in [4.78, 5) is 3.05. The summed E-state index contributed by atoms with van der Waals surface area (Å²) in [6.07, 6.45) is -3.83. The molecule has 0 atom stereocenters. The van der Waals surface area contributed by atoms with Gasteiger partial charge in [-0.25, -0.2) is 4.98 Å². The molecule has 2 nitrogen and oxygen atoms in total. The van der Waals surface area contributed by atoms with Gasteiger partial charge in [0.2, 0.25) is 5.76 Å². The van der Waals surface area contributed by atoms with E-state index in [1.807, 2.05) is 0 Å². The third-order valence-corrected chi connectivity index (χ3v) is 1.12. The summed E-state index contributed by atoms with van der Waals surface area (Å²) in [6, 6.07) is 0. The average molecular weight is 216 g/mol. The Morgan fingerprint density at radius 1 is 1.50 bits per heavy atom. The van der Waals surface area contributed by atoms with Crippen molar-refractivity contribution in [3.8, 4) is 0 Å². The molecule has 0 saturated carbocycles. The molecule has 0 unspecified atom stereocenters. The third-order valence-electron chi connectivity index (χ3n) is 0.757. The topological polar surface area (TPSA) is 26.0 Å². The van der Waals surface area contributed by atoms with Gasteiger partial charge in [-0.1, -0.05) is 0 Å². The Kier molecular flexibility index (Phi) is 1.72. The minimum Gasteiger partial charge on any atom is -0.426 e. The van der Waals surface area contributed by atoms with Crippen molar-refractivity contribution >= 4 is 15.9 Å². The maximum atomic E-state index is 11.6. The van der Waals surface area contributed by atoms with E-state index in [1.54, 1.807) is 0 Å². The zero-order valence-electron chi connectivity index (χ0n) is 4.44. The van der Waals surface area contributed by atoms with E-state index in [0.29, 0.717) is 6.20 Å². The molecule has 0 bridgehead atoms. The summed E-state index contributed by atoms with van der Waals surface area (Å²) in [5, 5.41) is 0. The van der Waals surface area contributed by atoms with Gasteiger partial charge in [0.25, 0.3) is 4.80 Å². The van der Waals surface area contributed by atoms with E-state index in [-0.39, 0.29) is 4.80 Å². The van der Waals surface area contributed by atoms with Crippen LogP contribution in [-0.4, -0.2) is 4.98 Å². The first-order valence-corrected chi connectivity index (χ1v) is 2.98. The van der Waals surface area contributed by atoms with E-state index < -0.39 is 11.9 Å². The minimum absolute atomic E-state index is 0.167. The minimum atomic E-state index is -4.45. The number of nitrogens with zero attached hydrogens (tertiary/aromatic N) is 1. The molecular weight excluding hydrogens is 215 g/mol. The van der Waals surface area contributed by atoms with Crippen LogP contribution in [0.1, 0.15) is 5.76 Å². The summed E-state index contributed by atoms with van der Waals surface area (Å²) >= 11 is 2.65. The highest BCUT2D eigenvalue weighted by atomic mass is 79.9. The Morgan fingerprint density at radius 2 is 2.10 bits per heavy atom. The van der Waals surface area contributed by atoms with E-state index in [9.17, 15) is 13.2 Å². The fourth-order valence-corrected chi connectivity index (χ4v) is 0.661. The maximum absolute atomic E-state index is 11.6. The van der Waals surface area contributed by atoms with E-state index in [1.165, 1.54) is 0 Å². The van der Waals surface area contributed by atoms with Gasteiger partial charge in [-0.3, -0.25) is 0 Å². The highest BCUT2D eigenvalue weighted by molar-refractivity contribution is 9.10. The first-order valence-electron chi connectivity index (χ1n) is 2.18. The van der Waals surface area contributed by atoms with E-state index in [4.69, 9.17) is 0 Å². The van der Waals surface area contributed by atoms with Gasteiger partial charge in [-0.05, 0) is 0 Å². The Hall–Kier alpha value is -0.520. The number of halogens is 4. The van der Waals surface area contributed by atoms with Crippen LogP contribution in [0.2, 0.25) is 0 Å². The van der Waals surface area contributed by atoms with E-state index in [2.05, 4.69) is 25.3 Å². The number of alkyl halides is 3. The van der Waals surface area contributed by atoms with Gasteiger partial charge < -0.3 is 4.42 Å². The van der Waals surface area contributed by atoms with Crippen LogP contribution in [0.4, 0.5) is 13.2 Å². The van der Waals surface area contributed by atoms with Gasteiger partial charge in [0.05, 0.1) is 6.20 Å². The smallest absolute Gasteiger partial charge is 0.426 e. The fourth-order valence-electron chi connectivity index (χ4n) is 0.384. The highest BCUT2D eigenvalue weighted by Gasteiger charge is 2.35. The molecule has 1 heterocycles. The number of aromatic nitrogens is 1. The number of rotatable bonds is 0. The molecule has 0 saturated heterocycles. The molecule has 0 fully saturated rings. The molecule has 0 aliphatic heterocycles. The maximum Gasteiger partial charge on any atom is 0.451 e. The molecule has 0 spiro atoms. The van der Waals surface area contributed by atoms with Crippen molar-refractivity contribution in [3.05, 3.63) is 16.8 Å². The van der Waals surface area contributed by atoms with Gasteiger partial charge in [0.1, 0.15) is 0 Å². The Bertz CT molecular complexity index is 231. The van der Waals surface area contributed by atoms with Gasteiger partial charge in [-0.2, -0.15) is 13.2 Å². The van der Waals surface area contributed by atoms with Gasteiger partial charge in [0, 0.05) is 15.9 Å². The Balaban J connectivity index is 2.96. The Labute approximate surface area is 62.2 Å². The summed E-state index contributed by atoms with van der Waals surface area (Å²) in [5.41, 5.74) is 0. The second kappa shape index (κ2) is 2.26. The number of oxazole rings is 1. The lowest BCUT2D eigenvalue weighted by atomic mass is 10.5. The fraction of sp³-hybridized carbons (Fsp3) is 0.250. The lowest BCUT2D eigenvalue weighted by Gasteiger charge is -1.97. The summed E-state index contributed by atoms with van der Waals surface area (Å²) in [5.74, 6) is -1.10. The van der Waals surface area contributed by atoms with Crippen LogP contribution in [0, 0.1) is 0 Å². The highest BCUT2D eigenvalue weighted by Crippen LogP contribution is 2.30. The largest absolute Gasteiger partial charge is 0.451 e. The zero-order valence-corrected chi connectivity index (χ0v) is 6.03. The normalized spacial score (nSPS) is 12.0. The Morgan fingerprint density at radius 3 is 2.30 bits per heavy atom. The summed E-state index contributed by atoms with van der Waals surface area (Å²) in [6.45, 7) is 0.